The lowest BCUT2D eigenvalue weighted by atomic mass is 10.1. The first-order chi connectivity index (χ1) is 7.70. The fourth-order valence-electron chi connectivity index (χ4n) is 1.84. The summed E-state index contributed by atoms with van der Waals surface area (Å²) in [5.74, 6) is 4.67. The fraction of sp³-hybridized carbons (Fsp3) is 0.900. The van der Waals surface area contributed by atoms with E-state index < -0.39 is 5.60 Å². The van der Waals surface area contributed by atoms with E-state index in [-0.39, 0.29) is 0 Å². The lowest BCUT2D eigenvalue weighted by Crippen LogP contribution is -2.44. The van der Waals surface area contributed by atoms with Gasteiger partial charge in [0, 0.05) is 30.3 Å². The zero-order chi connectivity index (χ0) is 11.4. The maximum atomic E-state index is 10.1. The highest BCUT2D eigenvalue weighted by atomic mass is 32.2. The summed E-state index contributed by atoms with van der Waals surface area (Å²) in [6, 6.07) is 0. The lowest BCUT2D eigenvalue weighted by Gasteiger charge is -2.28. The molecular weight excluding hydrogens is 242 g/mol. The Hall–Kier alpha value is -0.0700. The minimum atomic E-state index is -0.611. The molecule has 2 fully saturated rings. The molecule has 6 heteroatoms. The van der Waals surface area contributed by atoms with E-state index in [0.29, 0.717) is 12.5 Å². The molecule has 1 atom stereocenters. The number of nitrogens with two attached hydrogens (primary N) is 1. The first-order valence-electron chi connectivity index (χ1n) is 5.62. The summed E-state index contributed by atoms with van der Waals surface area (Å²) in [7, 11) is 0. The van der Waals surface area contributed by atoms with Crippen molar-refractivity contribution in [1.82, 2.24) is 4.90 Å². The molecule has 0 radical (unpaired) electrons. The Morgan fingerprint density at radius 2 is 2.06 bits per heavy atom. The van der Waals surface area contributed by atoms with Gasteiger partial charge in [-0.1, -0.05) is 0 Å². The Balaban J connectivity index is 1.85. The van der Waals surface area contributed by atoms with Crippen molar-refractivity contribution in [2.24, 2.45) is 10.7 Å². The number of rotatable bonds is 2. The summed E-state index contributed by atoms with van der Waals surface area (Å²) in [5, 5.41) is 10.1. The van der Waals surface area contributed by atoms with Gasteiger partial charge in [-0.3, -0.25) is 4.99 Å². The number of hydrogen-bond donors (Lipinski definition) is 2. The van der Waals surface area contributed by atoms with Crippen LogP contribution >= 0.6 is 23.5 Å². The Morgan fingerprint density at radius 3 is 2.69 bits per heavy atom. The molecule has 2 aliphatic rings. The van der Waals surface area contributed by atoms with Gasteiger partial charge < -0.3 is 15.7 Å². The molecule has 2 rings (SSSR count). The van der Waals surface area contributed by atoms with Crippen LogP contribution in [-0.4, -0.2) is 64.2 Å². The number of aliphatic hydroxyl groups is 1. The summed E-state index contributed by atoms with van der Waals surface area (Å²) in [5.41, 5.74) is 5.32. The molecule has 1 unspecified atom stereocenters. The quantitative estimate of drug-likeness (QED) is 0.550. The lowest BCUT2D eigenvalue weighted by molar-refractivity contribution is 0.0776. The van der Waals surface area contributed by atoms with Gasteiger partial charge in [-0.15, -0.1) is 0 Å². The van der Waals surface area contributed by atoms with Crippen LogP contribution in [0, 0.1) is 0 Å². The minimum absolute atomic E-state index is 0.454. The van der Waals surface area contributed by atoms with Crippen molar-refractivity contribution in [3.8, 4) is 0 Å². The average molecular weight is 261 g/mol. The molecule has 0 spiro atoms. The molecule has 0 saturated carbocycles. The smallest absolute Gasteiger partial charge is 0.191 e. The van der Waals surface area contributed by atoms with Crippen LogP contribution in [0.15, 0.2) is 4.99 Å². The van der Waals surface area contributed by atoms with E-state index in [4.69, 9.17) is 5.73 Å². The summed E-state index contributed by atoms with van der Waals surface area (Å²) < 4.78 is 0. The van der Waals surface area contributed by atoms with Gasteiger partial charge in [0.1, 0.15) is 0 Å². The van der Waals surface area contributed by atoms with Crippen LogP contribution in [0.3, 0.4) is 0 Å². The van der Waals surface area contributed by atoms with E-state index >= 15 is 0 Å². The number of thioether (sulfide) groups is 2. The molecule has 2 aliphatic heterocycles. The van der Waals surface area contributed by atoms with E-state index in [1.165, 1.54) is 0 Å². The molecule has 92 valence electrons. The van der Waals surface area contributed by atoms with Gasteiger partial charge in [0.2, 0.25) is 0 Å². The second-order valence-electron chi connectivity index (χ2n) is 4.30. The van der Waals surface area contributed by atoms with E-state index in [1.807, 2.05) is 11.8 Å². The first-order valence-corrected chi connectivity index (χ1v) is 7.93. The molecule has 2 heterocycles. The highest BCUT2D eigenvalue weighted by Gasteiger charge is 2.31. The molecule has 4 nitrogen and oxygen atoms in total. The summed E-state index contributed by atoms with van der Waals surface area (Å²) >= 11 is 3.75. The van der Waals surface area contributed by atoms with Crippen molar-refractivity contribution < 1.29 is 5.11 Å². The van der Waals surface area contributed by atoms with Gasteiger partial charge in [0.05, 0.1) is 12.1 Å². The van der Waals surface area contributed by atoms with Crippen molar-refractivity contribution in [3.63, 3.8) is 0 Å². The van der Waals surface area contributed by atoms with Crippen molar-refractivity contribution in [3.05, 3.63) is 0 Å². The van der Waals surface area contributed by atoms with Crippen molar-refractivity contribution in [1.29, 1.82) is 0 Å². The predicted octanol–water partition coefficient (Wildman–Crippen LogP) is 0.218. The largest absolute Gasteiger partial charge is 0.387 e. The minimum Gasteiger partial charge on any atom is -0.387 e. The van der Waals surface area contributed by atoms with Crippen molar-refractivity contribution in [2.75, 3.05) is 42.6 Å². The van der Waals surface area contributed by atoms with Crippen LogP contribution in [0.25, 0.3) is 0 Å². The van der Waals surface area contributed by atoms with Gasteiger partial charge in [0.25, 0.3) is 0 Å². The predicted molar refractivity (Wildman–Crippen MR) is 72.3 cm³/mol. The maximum Gasteiger partial charge on any atom is 0.191 e. The topological polar surface area (TPSA) is 61.9 Å². The molecule has 0 aromatic rings. The van der Waals surface area contributed by atoms with E-state index in [1.54, 1.807) is 11.8 Å². The summed E-state index contributed by atoms with van der Waals surface area (Å²) in [6.07, 6.45) is 0.838. The molecule has 0 aromatic heterocycles. The molecule has 0 amide bonds. The van der Waals surface area contributed by atoms with E-state index in [9.17, 15) is 5.11 Å². The van der Waals surface area contributed by atoms with Gasteiger partial charge in [-0.05, 0) is 12.2 Å². The Morgan fingerprint density at radius 1 is 1.31 bits per heavy atom. The zero-order valence-corrected chi connectivity index (χ0v) is 11.0. The van der Waals surface area contributed by atoms with Crippen LogP contribution in [0.2, 0.25) is 0 Å². The normalized spacial score (nSPS) is 32.1. The average Bonchev–Trinajstić information content (AvgIpc) is 2.75. The van der Waals surface area contributed by atoms with E-state index in [0.717, 1.165) is 42.5 Å². The molecule has 0 bridgehead atoms. The third-order valence-corrected chi connectivity index (χ3v) is 5.13. The van der Waals surface area contributed by atoms with Crippen LogP contribution in [0.1, 0.15) is 6.42 Å². The fourth-order valence-corrected chi connectivity index (χ4v) is 4.03. The maximum absolute atomic E-state index is 10.1. The highest BCUT2D eigenvalue weighted by molar-refractivity contribution is 7.99. The van der Waals surface area contributed by atoms with Crippen molar-refractivity contribution >= 4 is 29.5 Å². The first kappa shape index (κ1) is 12.4. The number of aliphatic imine (C=N–C) groups is 1. The van der Waals surface area contributed by atoms with Gasteiger partial charge in [-0.2, -0.15) is 23.5 Å². The monoisotopic (exact) mass is 261 g/mol. The van der Waals surface area contributed by atoms with Crippen LogP contribution in [0.5, 0.6) is 0 Å². The molecule has 0 aromatic carbocycles. The second-order valence-corrected chi connectivity index (χ2v) is 6.63. The van der Waals surface area contributed by atoms with Crippen molar-refractivity contribution in [2.45, 2.75) is 12.0 Å². The summed E-state index contributed by atoms with van der Waals surface area (Å²) in [4.78, 5) is 6.46. The van der Waals surface area contributed by atoms with Crippen LogP contribution < -0.4 is 5.73 Å². The molecule has 0 aliphatic carbocycles. The van der Waals surface area contributed by atoms with Gasteiger partial charge in [0.15, 0.2) is 5.96 Å². The number of guanidine groups is 1. The Kier molecular flexibility index (Phi) is 4.27. The number of nitrogens with zero attached hydrogens (tertiary/aromatic N) is 2. The second kappa shape index (κ2) is 5.51. The number of hydrogen-bond acceptors (Lipinski definition) is 4. The molecule has 2 saturated heterocycles. The van der Waals surface area contributed by atoms with Crippen LogP contribution in [-0.2, 0) is 0 Å². The zero-order valence-electron chi connectivity index (χ0n) is 9.39. The Labute approximate surface area is 105 Å². The third-order valence-electron chi connectivity index (χ3n) is 2.95. The van der Waals surface area contributed by atoms with E-state index in [2.05, 4.69) is 9.89 Å². The molecular formula is C10H19N3OS2. The SMILES string of the molecule is NC(=NCC1(O)CCSC1)N1CCSCC1. The third kappa shape index (κ3) is 3.21. The standard InChI is InChI=1S/C10H19N3OS2/c11-9(13-2-5-15-6-3-13)12-7-10(14)1-4-16-8-10/h14H,1-8H2,(H2,11,12). The summed E-state index contributed by atoms with van der Waals surface area (Å²) in [6.45, 7) is 2.41. The van der Waals surface area contributed by atoms with Gasteiger partial charge in [-0.25, -0.2) is 0 Å². The van der Waals surface area contributed by atoms with Crippen LogP contribution in [0.4, 0.5) is 0 Å². The molecule has 3 N–H and O–H groups in total. The molecule has 16 heavy (non-hydrogen) atoms. The van der Waals surface area contributed by atoms with Gasteiger partial charge >= 0.3 is 0 Å². The highest BCUT2D eigenvalue weighted by Crippen LogP contribution is 2.27. The Bertz CT molecular complexity index is 261.